The fourth-order valence-corrected chi connectivity index (χ4v) is 3.99. The van der Waals surface area contributed by atoms with Gasteiger partial charge in [-0.3, -0.25) is 4.79 Å². The Labute approximate surface area is 148 Å². The minimum absolute atomic E-state index is 0.0152. The molecule has 1 heterocycles. The third-order valence-electron chi connectivity index (χ3n) is 4.23. The van der Waals surface area contributed by atoms with Crippen LogP contribution in [0, 0.1) is 0 Å². The summed E-state index contributed by atoms with van der Waals surface area (Å²) in [6, 6.07) is 4.95. The van der Waals surface area contributed by atoms with Crippen molar-refractivity contribution < 1.29 is 18.0 Å². The van der Waals surface area contributed by atoms with E-state index in [0.29, 0.717) is 5.69 Å². The van der Waals surface area contributed by atoms with E-state index < -0.39 is 21.3 Å². The molecule has 0 radical (unpaired) electrons. The molecule has 2 rings (SSSR count). The Kier molecular flexibility index (Phi) is 5.72. The summed E-state index contributed by atoms with van der Waals surface area (Å²) in [4.78, 5) is 23.5. The van der Waals surface area contributed by atoms with E-state index in [9.17, 15) is 18.0 Å². The quantitative estimate of drug-likeness (QED) is 0.742. The van der Waals surface area contributed by atoms with E-state index in [1.54, 1.807) is 0 Å². The number of benzene rings is 1. The van der Waals surface area contributed by atoms with Crippen LogP contribution in [0.2, 0.25) is 0 Å². The van der Waals surface area contributed by atoms with Crippen LogP contribution in [-0.4, -0.2) is 32.2 Å². The lowest BCUT2D eigenvalue weighted by Gasteiger charge is -2.20. The molecule has 1 aliphatic rings. The van der Waals surface area contributed by atoms with Crippen LogP contribution in [0.3, 0.4) is 0 Å². The predicted octanol–water partition coefficient (Wildman–Crippen LogP) is 2.27. The molecule has 1 fully saturated rings. The van der Waals surface area contributed by atoms with Crippen molar-refractivity contribution in [2.45, 2.75) is 51.2 Å². The zero-order valence-electron chi connectivity index (χ0n) is 14.9. The topological polar surface area (TPSA) is 104 Å². The molecule has 3 amide bonds. The SMILES string of the molecule is CC(C)c1cccc(C(C)C)c1NC(=O)NS(=O)(=O)C1CNC(=O)C1. The van der Waals surface area contributed by atoms with Gasteiger partial charge in [0.2, 0.25) is 15.9 Å². The van der Waals surface area contributed by atoms with Crippen LogP contribution in [0.1, 0.15) is 57.1 Å². The number of amides is 3. The molecule has 0 spiro atoms. The zero-order chi connectivity index (χ0) is 18.8. The van der Waals surface area contributed by atoms with Gasteiger partial charge >= 0.3 is 6.03 Å². The molecule has 8 heteroatoms. The van der Waals surface area contributed by atoms with E-state index in [-0.39, 0.29) is 30.7 Å². The first-order valence-corrected chi connectivity index (χ1v) is 9.88. The molecule has 7 nitrogen and oxygen atoms in total. The van der Waals surface area contributed by atoms with Crippen molar-refractivity contribution in [3.63, 3.8) is 0 Å². The minimum atomic E-state index is -3.92. The Morgan fingerprint density at radius 3 is 2.16 bits per heavy atom. The van der Waals surface area contributed by atoms with Gasteiger partial charge in [0.25, 0.3) is 0 Å². The fraction of sp³-hybridized carbons (Fsp3) is 0.529. The average molecular weight is 367 g/mol. The summed E-state index contributed by atoms with van der Waals surface area (Å²) in [5, 5.41) is 4.22. The number of carbonyl (C=O) groups is 2. The van der Waals surface area contributed by atoms with Crippen LogP contribution >= 0.6 is 0 Å². The number of carbonyl (C=O) groups excluding carboxylic acids is 2. The minimum Gasteiger partial charge on any atom is -0.355 e. The number of sulfonamides is 1. The van der Waals surface area contributed by atoms with Gasteiger partial charge in [-0.2, -0.15) is 0 Å². The van der Waals surface area contributed by atoms with Gasteiger partial charge in [0.05, 0.1) is 0 Å². The third kappa shape index (κ3) is 4.50. The van der Waals surface area contributed by atoms with Crippen molar-refractivity contribution in [3.8, 4) is 0 Å². The molecule has 0 aliphatic carbocycles. The molecule has 1 unspecified atom stereocenters. The standard InChI is InChI=1S/C17H25N3O4S/c1-10(2)13-6-5-7-14(11(3)4)16(13)19-17(22)20-25(23,24)12-8-15(21)18-9-12/h5-7,10-12H,8-9H2,1-4H3,(H,18,21)(H2,19,20,22). The first kappa shape index (κ1) is 19.2. The maximum atomic E-state index is 12.3. The number of hydrogen-bond acceptors (Lipinski definition) is 4. The maximum Gasteiger partial charge on any atom is 0.332 e. The molecule has 138 valence electrons. The molecule has 0 aromatic heterocycles. The van der Waals surface area contributed by atoms with E-state index in [0.717, 1.165) is 11.1 Å². The lowest BCUT2D eigenvalue weighted by Crippen LogP contribution is -2.41. The molecule has 1 atom stereocenters. The third-order valence-corrected chi connectivity index (χ3v) is 5.91. The van der Waals surface area contributed by atoms with Crippen LogP contribution < -0.4 is 15.4 Å². The van der Waals surface area contributed by atoms with Crippen molar-refractivity contribution in [2.75, 3.05) is 11.9 Å². The molecule has 3 N–H and O–H groups in total. The second-order valence-electron chi connectivity index (χ2n) is 6.85. The van der Waals surface area contributed by atoms with Gasteiger partial charge < -0.3 is 10.6 Å². The molecule has 1 aromatic rings. The van der Waals surface area contributed by atoms with Crippen LogP contribution in [0.15, 0.2) is 18.2 Å². The number of anilines is 1. The van der Waals surface area contributed by atoms with Crippen molar-refractivity contribution in [3.05, 3.63) is 29.3 Å². The van der Waals surface area contributed by atoms with Crippen molar-refractivity contribution in [1.82, 2.24) is 10.0 Å². The number of rotatable bonds is 5. The molecule has 1 aliphatic heterocycles. The maximum absolute atomic E-state index is 12.3. The largest absolute Gasteiger partial charge is 0.355 e. The molecular formula is C17H25N3O4S. The second-order valence-corrected chi connectivity index (χ2v) is 8.81. The lowest BCUT2D eigenvalue weighted by atomic mass is 9.93. The normalized spacial score (nSPS) is 17.7. The fourth-order valence-electron chi connectivity index (χ4n) is 2.85. The van der Waals surface area contributed by atoms with E-state index in [2.05, 4.69) is 10.6 Å². The summed E-state index contributed by atoms with van der Waals surface area (Å²) in [5.41, 5.74) is 2.52. The van der Waals surface area contributed by atoms with Crippen LogP contribution in [-0.2, 0) is 14.8 Å². The summed E-state index contributed by atoms with van der Waals surface area (Å²) in [5.74, 6) is 0.00699. The number of para-hydroxylation sites is 1. The Balaban J connectivity index is 2.21. The van der Waals surface area contributed by atoms with E-state index in [1.165, 1.54) is 0 Å². The summed E-state index contributed by atoms with van der Waals surface area (Å²) in [6.07, 6.45) is -0.136. The van der Waals surface area contributed by atoms with Crippen LogP contribution in [0.25, 0.3) is 0 Å². The van der Waals surface area contributed by atoms with Gasteiger partial charge in [-0.1, -0.05) is 45.9 Å². The molecule has 25 heavy (non-hydrogen) atoms. The van der Waals surface area contributed by atoms with Crippen LogP contribution in [0.4, 0.5) is 10.5 Å². The van der Waals surface area contributed by atoms with Gasteiger partial charge in [-0.25, -0.2) is 17.9 Å². The molecule has 0 bridgehead atoms. The van der Waals surface area contributed by atoms with Gasteiger partial charge in [-0.05, 0) is 23.0 Å². The monoisotopic (exact) mass is 367 g/mol. The van der Waals surface area contributed by atoms with Crippen molar-refractivity contribution in [2.24, 2.45) is 0 Å². The number of nitrogens with one attached hydrogen (secondary N) is 3. The van der Waals surface area contributed by atoms with Gasteiger partial charge in [-0.15, -0.1) is 0 Å². The zero-order valence-corrected chi connectivity index (χ0v) is 15.7. The highest BCUT2D eigenvalue weighted by Gasteiger charge is 2.34. The Morgan fingerprint density at radius 2 is 1.72 bits per heavy atom. The van der Waals surface area contributed by atoms with Crippen LogP contribution in [0.5, 0.6) is 0 Å². The van der Waals surface area contributed by atoms with E-state index in [4.69, 9.17) is 0 Å². The first-order chi connectivity index (χ1) is 11.6. The van der Waals surface area contributed by atoms with Gasteiger partial charge in [0.15, 0.2) is 0 Å². The van der Waals surface area contributed by atoms with E-state index >= 15 is 0 Å². The Morgan fingerprint density at radius 1 is 1.16 bits per heavy atom. The molecule has 0 saturated carbocycles. The molecule has 1 aromatic carbocycles. The Bertz CT molecular complexity index is 746. The number of hydrogen-bond donors (Lipinski definition) is 3. The number of urea groups is 1. The summed E-state index contributed by atoms with van der Waals surface area (Å²) in [6.45, 7) is 8.05. The second kappa shape index (κ2) is 7.43. The van der Waals surface area contributed by atoms with Gasteiger partial charge in [0.1, 0.15) is 5.25 Å². The molecular weight excluding hydrogens is 342 g/mol. The average Bonchev–Trinajstić information content (AvgIpc) is 2.93. The molecule has 1 saturated heterocycles. The van der Waals surface area contributed by atoms with Crippen molar-refractivity contribution in [1.29, 1.82) is 0 Å². The first-order valence-electron chi connectivity index (χ1n) is 8.34. The summed E-state index contributed by atoms with van der Waals surface area (Å²) >= 11 is 0. The van der Waals surface area contributed by atoms with Crippen molar-refractivity contribution >= 4 is 27.6 Å². The van der Waals surface area contributed by atoms with Gasteiger partial charge in [0, 0.05) is 18.7 Å². The smallest absolute Gasteiger partial charge is 0.332 e. The highest BCUT2D eigenvalue weighted by Crippen LogP contribution is 2.32. The summed E-state index contributed by atoms with van der Waals surface area (Å²) < 4.78 is 26.5. The predicted molar refractivity (Wildman–Crippen MR) is 97.1 cm³/mol. The highest BCUT2D eigenvalue weighted by molar-refractivity contribution is 7.90. The highest BCUT2D eigenvalue weighted by atomic mass is 32.2. The van der Waals surface area contributed by atoms with E-state index in [1.807, 2.05) is 50.6 Å². The lowest BCUT2D eigenvalue weighted by molar-refractivity contribution is -0.119. The summed E-state index contributed by atoms with van der Waals surface area (Å²) in [7, 11) is -3.92. The Hall–Kier alpha value is -2.09.